The van der Waals surface area contributed by atoms with Crippen LogP contribution in [0.1, 0.15) is 28.4 Å². The van der Waals surface area contributed by atoms with E-state index < -0.39 is 12.0 Å². The minimum absolute atomic E-state index is 0.262. The molecule has 1 saturated heterocycles. The van der Waals surface area contributed by atoms with E-state index in [1.807, 2.05) is 43.3 Å². The van der Waals surface area contributed by atoms with Crippen LogP contribution >= 0.6 is 12.2 Å². The van der Waals surface area contributed by atoms with E-state index in [0.717, 1.165) is 43.2 Å². The molecule has 2 aromatic rings. The van der Waals surface area contributed by atoms with E-state index >= 15 is 0 Å². The van der Waals surface area contributed by atoms with Gasteiger partial charge in [0, 0.05) is 25.1 Å². The number of nitrogens with one attached hydrogen (secondary N) is 1. The van der Waals surface area contributed by atoms with Gasteiger partial charge in [-0.2, -0.15) is 0 Å². The molecule has 178 valence electrons. The molecule has 7 nitrogen and oxygen atoms in total. The maximum atomic E-state index is 12.5. The molecule has 1 atom stereocenters. The molecule has 2 aromatic carbocycles. The van der Waals surface area contributed by atoms with Crippen LogP contribution in [0.3, 0.4) is 0 Å². The van der Waals surface area contributed by atoms with Gasteiger partial charge in [-0.1, -0.05) is 42.5 Å². The molecule has 0 aromatic heterocycles. The standard InChI is InChI=1S/C20H23NO4.C5H9NOS/c1-4-25-20(23)18(13-15-9-11-16(24-3)12-10-15)21-19(22)17-8-6-5-7-14(17)2;8-5-6-1-3-7-4-2-6/h5-12,18H,4,13H2,1-3H3,(H,21,22);5H,1-4H2. The lowest BCUT2D eigenvalue weighted by atomic mass is 10.0. The number of thiocarbonyl (C=S) groups is 1. The number of benzene rings is 2. The molecular formula is C25H32N2O5S. The van der Waals surface area contributed by atoms with Crippen LogP contribution in [-0.2, 0) is 20.7 Å². The highest BCUT2D eigenvalue weighted by Gasteiger charge is 2.23. The highest BCUT2D eigenvalue weighted by molar-refractivity contribution is 7.78. The zero-order valence-electron chi connectivity index (χ0n) is 19.4. The predicted octanol–water partition coefficient (Wildman–Crippen LogP) is 3.18. The van der Waals surface area contributed by atoms with Crippen molar-refractivity contribution >= 4 is 29.6 Å². The molecule has 1 N–H and O–H groups in total. The Morgan fingerprint density at radius 2 is 1.82 bits per heavy atom. The number of morpholine rings is 1. The largest absolute Gasteiger partial charge is 0.497 e. The first kappa shape index (κ1) is 26.3. The van der Waals surface area contributed by atoms with Gasteiger partial charge in [0.15, 0.2) is 0 Å². The highest BCUT2D eigenvalue weighted by Crippen LogP contribution is 2.14. The summed E-state index contributed by atoms with van der Waals surface area (Å²) in [7, 11) is 1.60. The van der Waals surface area contributed by atoms with E-state index in [2.05, 4.69) is 10.2 Å². The van der Waals surface area contributed by atoms with E-state index in [0.29, 0.717) is 12.0 Å². The summed E-state index contributed by atoms with van der Waals surface area (Å²) in [6, 6.07) is 13.9. The minimum atomic E-state index is -0.750. The van der Waals surface area contributed by atoms with Gasteiger partial charge in [-0.15, -0.1) is 0 Å². The molecule has 0 bridgehead atoms. The Balaban J connectivity index is 0.000000405. The molecule has 1 aliphatic heterocycles. The smallest absolute Gasteiger partial charge is 0.328 e. The monoisotopic (exact) mass is 472 g/mol. The van der Waals surface area contributed by atoms with Gasteiger partial charge >= 0.3 is 5.97 Å². The number of carbonyl (C=O) groups excluding carboxylic acids is 2. The third kappa shape index (κ3) is 8.82. The molecule has 33 heavy (non-hydrogen) atoms. The Morgan fingerprint density at radius 3 is 2.36 bits per heavy atom. The zero-order chi connectivity index (χ0) is 24.1. The summed E-state index contributed by atoms with van der Waals surface area (Å²) >= 11 is 4.72. The molecule has 1 fully saturated rings. The number of rotatable bonds is 8. The topological polar surface area (TPSA) is 77.1 Å². The first-order valence-electron chi connectivity index (χ1n) is 10.9. The number of ether oxygens (including phenoxy) is 3. The molecule has 1 aliphatic rings. The van der Waals surface area contributed by atoms with Crippen LogP contribution in [0.15, 0.2) is 48.5 Å². The Labute approximate surface area is 201 Å². The summed E-state index contributed by atoms with van der Waals surface area (Å²) in [5, 5.41) is 2.79. The number of esters is 1. The van der Waals surface area contributed by atoms with E-state index in [4.69, 9.17) is 26.4 Å². The molecule has 0 radical (unpaired) electrons. The van der Waals surface area contributed by atoms with E-state index in [1.165, 1.54) is 0 Å². The van der Waals surface area contributed by atoms with Gasteiger partial charge in [-0.25, -0.2) is 4.79 Å². The van der Waals surface area contributed by atoms with Crippen LogP contribution < -0.4 is 10.1 Å². The number of carbonyl (C=O) groups is 2. The number of aryl methyl sites for hydroxylation is 1. The van der Waals surface area contributed by atoms with E-state index in [9.17, 15) is 9.59 Å². The number of hydrogen-bond acceptors (Lipinski definition) is 6. The second-order valence-corrected chi connectivity index (χ2v) is 7.61. The molecule has 8 heteroatoms. The zero-order valence-corrected chi connectivity index (χ0v) is 20.2. The van der Waals surface area contributed by atoms with Crippen molar-refractivity contribution < 1.29 is 23.8 Å². The Kier molecular flexibility index (Phi) is 11.3. The van der Waals surface area contributed by atoms with Crippen molar-refractivity contribution in [2.75, 3.05) is 40.0 Å². The first-order valence-corrected chi connectivity index (χ1v) is 11.4. The highest BCUT2D eigenvalue weighted by atomic mass is 32.1. The van der Waals surface area contributed by atoms with Gasteiger partial charge in [-0.3, -0.25) is 4.79 Å². The average Bonchev–Trinajstić information content (AvgIpc) is 2.85. The van der Waals surface area contributed by atoms with Gasteiger partial charge < -0.3 is 24.4 Å². The summed E-state index contributed by atoms with van der Waals surface area (Å²) in [5.74, 6) is 0.00491. The second-order valence-electron chi connectivity index (χ2n) is 7.40. The second kappa shape index (κ2) is 14.2. The molecule has 3 rings (SSSR count). The van der Waals surface area contributed by atoms with Gasteiger partial charge in [0.25, 0.3) is 5.91 Å². The molecular weight excluding hydrogens is 440 g/mol. The Hall–Kier alpha value is -2.97. The summed E-state index contributed by atoms with van der Waals surface area (Å²) < 4.78 is 15.3. The lowest BCUT2D eigenvalue weighted by Crippen LogP contribution is -2.43. The summed E-state index contributed by atoms with van der Waals surface area (Å²) in [6.45, 7) is 7.44. The molecule has 1 heterocycles. The molecule has 0 aliphatic carbocycles. The van der Waals surface area contributed by atoms with Crippen molar-refractivity contribution in [2.24, 2.45) is 0 Å². The summed E-state index contributed by atoms with van der Waals surface area (Å²) in [4.78, 5) is 26.9. The maximum Gasteiger partial charge on any atom is 0.328 e. The summed E-state index contributed by atoms with van der Waals surface area (Å²) in [6.07, 6.45) is 0.348. The van der Waals surface area contributed by atoms with Crippen molar-refractivity contribution in [1.29, 1.82) is 0 Å². The first-order chi connectivity index (χ1) is 16.0. The third-order valence-electron chi connectivity index (χ3n) is 5.06. The average molecular weight is 473 g/mol. The lowest BCUT2D eigenvalue weighted by Gasteiger charge is -2.23. The number of methoxy groups -OCH3 is 1. The summed E-state index contributed by atoms with van der Waals surface area (Å²) in [5.41, 5.74) is 4.00. The number of nitrogens with zero attached hydrogens (tertiary/aromatic N) is 1. The number of hydrogen-bond donors (Lipinski definition) is 1. The third-order valence-corrected chi connectivity index (χ3v) is 5.36. The minimum Gasteiger partial charge on any atom is -0.497 e. The Morgan fingerprint density at radius 1 is 1.15 bits per heavy atom. The van der Waals surface area contributed by atoms with Gasteiger partial charge in [0.1, 0.15) is 11.8 Å². The van der Waals surface area contributed by atoms with Gasteiger partial charge in [0.05, 0.1) is 32.4 Å². The predicted molar refractivity (Wildman–Crippen MR) is 132 cm³/mol. The SMILES string of the molecule is CCOC(=O)C(Cc1ccc(OC)cc1)NC(=O)c1ccccc1C.S=CN1CCOCC1. The van der Waals surface area contributed by atoms with Gasteiger partial charge in [0.2, 0.25) is 0 Å². The van der Waals surface area contributed by atoms with Crippen molar-refractivity contribution in [2.45, 2.75) is 26.3 Å². The van der Waals surface area contributed by atoms with Crippen molar-refractivity contribution in [3.63, 3.8) is 0 Å². The van der Waals surface area contributed by atoms with E-state index in [1.54, 1.807) is 31.7 Å². The van der Waals surface area contributed by atoms with Crippen molar-refractivity contribution in [3.05, 3.63) is 65.2 Å². The van der Waals surface area contributed by atoms with Crippen molar-refractivity contribution in [3.8, 4) is 5.75 Å². The van der Waals surface area contributed by atoms with Gasteiger partial charge in [-0.05, 0) is 43.2 Å². The molecule has 0 saturated carbocycles. The van der Waals surface area contributed by atoms with Crippen LogP contribution in [0, 0.1) is 6.92 Å². The van der Waals surface area contributed by atoms with Crippen LogP contribution in [0.4, 0.5) is 0 Å². The van der Waals surface area contributed by atoms with E-state index in [-0.39, 0.29) is 12.5 Å². The fourth-order valence-electron chi connectivity index (χ4n) is 3.18. The Bertz CT molecular complexity index is 898. The van der Waals surface area contributed by atoms with Crippen LogP contribution in [-0.4, -0.2) is 68.3 Å². The number of amides is 1. The molecule has 0 spiro atoms. The van der Waals surface area contributed by atoms with Crippen LogP contribution in [0.2, 0.25) is 0 Å². The van der Waals surface area contributed by atoms with Crippen LogP contribution in [0.5, 0.6) is 5.75 Å². The van der Waals surface area contributed by atoms with Crippen molar-refractivity contribution in [1.82, 2.24) is 10.2 Å². The normalized spacial score (nSPS) is 13.7. The molecule has 1 amide bonds. The molecule has 1 unspecified atom stereocenters. The lowest BCUT2D eigenvalue weighted by molar-refractivity contribution is -0.145. The quantitative estimate of drug-likeness (QED) is 0.467. The van der Waals surface area contributed by atoms with Crippen LogP contribution in [0.25, 0.3) is 0 Å². The fraction of sp³-hybridized carbons (Fsp3) is 0.400. The maximum absolute atomic E-state index is 12.5. The fourth-order valence-corrected chi connectivity index (χ4v) is 3.39.